The zero-order valence-electron chi connectivity index (χ0n) is 27.3. The molecule has 0 aliphatic heterocycles. The normalized spacial score (nSPS) is 17.6. The van der Waals surface area contributed by atoms with Crippen LogP contribution in [0.4, 0.5) is 23.1 Å². The first kappa shape index (κ1) is 11.2. The molecule has 4 rings (SSSR count). The lowest BCUT2D eigenvalue weighted by Gasteiger charge is -2.19. The van der Waals surface area contributed by atoms with Crippen molar-refractivity contribution in [3.8, 4) is 0 Å². The fraction of sp³-hybridized carbons (Fsp3) is 0.190. The molecular weight excluding hydrogens is 414 g/mol. The van der Waals surface area contributed by atoms with Crippen molar-refractivity contribution in [3.05, 3.63) is 59.8 Å². The first-order chi connectivity index (χ1) is 19.1. The second kappa shape index (κ2) is 7.64. The summed E-state index contributed by atoms with van der Waals surface area (Å²) in [6.07, 6.45) is -0.604. The molecule has 0 unspecified atom stereocenters. The van der Waals surface area contributed by atoms with Crippen LogP contribution < -0.4 is 15.4 Å². The SMILES string of the molecule is [2H]c1nc(Nc2c([2H])c([2H])c(C([2H])([2H])[2H])c(S(N)(=O)=O)c2[2H])nc(N(C)c2ccc3c(C([2H])([2H])[2H])n(C)nc3c2)c1[2H]. The zero-order chi connectivity index (χ0) is 31.7. The lowest BCUT2D eigenvalue weighted by atomic mass is 10.2. The maximum atomic E-state index is 12.3. The second-order valence-electron chi connectivity index (χ2n) is 6.46. The molecule has 2 heterocycles. The van der Waals surface area contributed by atoms with E-state index in [2.05, 4.69) is 20.4 Å². The molecule has 10 heteroatoms. The third-order valence-corrected chi connectivity index (χ3v) is 5.24. The van der Waals surface area contributed by atoms with Crippen LogP contribution in [-0.2, 0) is 17.1 Å². The molecule has 0 amide bonds. The Balaban J connectivity index is 1.84. The third-order valence-electron chi connectivity index (χ3n) is 4.36. The Morgan fingerprint density at radius 3 is 2.84 bits per heavy atom. The van der Waals surface area contributed by atoms with Gasteiger partial charge in [-0.3, -0.25) is 4.68 Å². The van der Waals surface area contributed by atoms with Crippen molar-refractivity contribution in [1.29, 1.82) is 0 Å². The molecule has 0 atom stereocenters. The Hall–Kier alpha value is -3.50. The van der Waals surface area contributed by atoms with E-state index in [0.717, 1.165) is 0 Å². The number of nitrogens with one attached hydrogen (secondary N) is 1. The number of sulfonamides is 1. The number of benzene rings is 2. The number of rotatable bonds is 5. The van der Waals surface area contributed by atoms with Gasteiger partial charge >= 0.3 is 0 Å². The fourth-order valence-electron chi connectivity index (χ4n) is 2.80. The minimum Gasteiger partial charge on any atom is -0.329 e. The molecule has 0 radical (unpaired) electrons. The van der Waals surface area contributed by atoms with E-state index < -0.39 is 76.2 Å². The van der Waals surface area contributed by atoms with Gasteiger partial charge in [0.05, 0.1) is 17.3 Å². The van der Waals surface area contributed by atoms with Crippen molar-refractivity contribution in [2.45, 2.75) is 18.6 Å². The molecule has 0 spiro atoms. The summed E-state index contributed by atoms with van der Waals surface area (Å²) in [7, 11) is -1.86. The summed E-state index contributed by atoms with van der Waals surface area (Å²) >= 11 is 0. The second-order valence-corrected chi connectivity index (χ2v) is 7.96. The summed E-state index contributed by atoms with van der Waals surface area (Å²) in [6.45, 7) is -5.61. The van der Waals surface area contributed by atoms with Crippen molar-refractivity contribution in [2.75, 3.05) is 17.3 Å². The van der Waals surface area contributed by atoms with Crippen molar-refractivity contribution >= 4 is 44.1 Å². The Bertz CT molecular complexity index is 1850. The van der Waals surface area contributed by atoms with Crippen LogP contribution in [0.2, 0.25) is 0 Å². The maximum absolute atomic E-state index is 12.3. The summed E-state index contributed by atoms with van der Waals surface area (Å²) < 4.78 is 113. The third kappa shape index (κ3) is 4.07. The van der Waals surface area contributed by atoms with Crippen molar-refractivity contribution < 1.29 is 23.5 Å². The standard InChI is InChI=1S/C21H23N7O2S/c1-13-5-6-15(11-19(13)31(22,29)30)24-21-23-10-9-20(25-21)27(3)16-7-8-17-14(2)28(4)26-18(17)12-16/h5-12H,1-4H3,(H2,22,29,30)(H,23,24,25)/i1D3,2D3,5D,6D,9D,10D,11D. The molecule has 0 saturated carbocycles. The van der Waals surface area contributed by atoms with Crippen LogP contribution in [0, 0.1) is 13.7 Å². The van der Waals surface area contributed by atoms with Gasteiger partial charge in [-0.2, -0.15) is 10.1 Å². The average Bonchev–Trinajstić information content (AvgIpc) is 3.19. The predicted octanol–water partition coefficient (Wildman–Crippen LogP) is 3.14. The number of anilines is 4. The summed E-state index contributed by atoms with van der Waals surface area (Å²) in [6, 6.07) is 1.31. The van der Waals surface area contributed by atoms with E-state index in [1.54, 1.807) is 12.1 Å². The van der Waals surface area contributed by atoms with Crippen LogP contribution in [-0.4, -0.2) is 35.2 Å². The van der Waals surface area contributed by atoms with Gasteiger partial charge < -0.3 is 10.2 Å². The lowest BCUT2D eigenvalue weighted by molar-refractivity contribution is 0.597. The Kier molecular flexibility index (Phi) is 2.76. The van der Waals surface area contributed by atoms with E-state index in [1.807, 2.05) is 0 Å². The molecule has 0 saturated heterocycles. The van der Waals surface area contributed by atoms with Crippen LogP contribution in [0.5, 0.6) is 0 Å². The number of aryl methyl sites for hydroxylation is 2. The number of hydrogen-bond acceptors (Lipinski definition) is 7. The first-order valence-corrected chi connectivity index (χ1v) is 10.2. The molecule has 31 heavy (non-hydrogen) atoms. The van der Waals surface area contributed by atoms with Gasteiger partial charge in [0.15, 0.2) is 0 Å². The van der Waals surface area contributed by atoms with Gasteiger partial charge in [0.1, 0.15) is 5.82 Å². The van der Waals surface area contributed by atoms with Gasteiger partial charge in [0.25, 0.3) is 0 Å². The monoisotopic (exact) mass is 448 g/mol. The Labute approximate surface area is 196 Å². The van der Waals surface area contributed by atoms with Crippen molar-refractivity contribution in [3.63, 3.8) is 0 Å². The molecule has 3 N–H and O–H groups in total. The lowest BCUT2D eigenvalue weighted by Crippen LogP contribution is -2.14. The summed E-state index contributed by atoms with van der Waals surface area (Å²) in [5.41, 5.74) is -0.978. The fourth-order valence-corrected chi connectivity index (χ4v) is 3.38. The van der Waals surface area contributed by atoms with Crippen molar-refractivity contribution in [2.24, 2.45) is 12.2 Å². The first-order valence-electron chi connectivity index (χ1n) is 14.1. The quantitative estimate of drug-likeness (QED) is 0.481. The highest BCUT2D eigenvalue weighted by Gasteiger charge is 2.14. The van der Waals surface area contributed by atoms with Crippen LogP contribution in [0.3, 0.4) is 0 Å². The van der Waals surface area contributed by atoms with E-state index in [0.29, 0.717) is 16.6 Å². The molecule has 0 bridgehead atoms. The molecule has 160 valence electrons. The number of fused-ring (bicyclic) bond motifs is 1. The summed E-state index contributed by atoms with van der Waals surface area (Å²) in [5, 5.41) is 12.2. The van der Waals surface area contributed by atoms with Gasteiger partial charge in [-0.05, 0) is 55.6 Å². The number of aromatic nitrogens is 4. The largest absolute Gasteiger partial charge is 0.329 e. The number of hydrogen-bond donors (Lipinski definition) is 2. The van der Waals surface area contributed by atoms with Crippen molar-refractivity contribution in [1.82, 2.24) is 19.7 Å². The van der Waals surface area contributed by atoms with E-state index >= 15 is 0 Å². The smallest absolute Gasteiger partial charge is 0.238 e. The summed E-state index contributed by atoms with van der Waals surface area (Å²) in [5.74, 6) is -0.622. The maximum Gasteiger partial charge on any atom is 0.238 e. The number of nitrogens with two attached hydrogens (primary N) is 1. The van der Waals surface area contributed by atoms with E-state index in [1.165, 1.54) is 29.7 Å². The minimum absolute atomic E-state index is 0.0318. The van der Waals surface area contributed by atoms with Crippen LogP contribution in [0.1, 0.15) is 26.3 Å². The van der Waals surface area contributed by atoms with Crippen LogP contribution >= 0.6 is 0 Å². The molecule has 9 nitrogen and oxygen atoms in total. The van der Waals surface area contributed by atoms with E-state index in [-0.39, 0.29) is 11.5 Å². The molecule has 2 aromatic carbocycles. The number of nitrogens with zero attached hydrogens (tertiary/aromatic N) is 5. The summed E-state index contributed by atoms with van der Waals surface area (Å²) in [4.78, 5) is 8.19. The van der Waals surface area contributed by atoms with Gasteiger partial charge in [-0.1, -0.05) is 6.04 Å². The highest BCUT2D eigenvalue weighted by molar-refractivity contribution is 7.89. The minimum atomic E-state index is -4.85. The van der Waals surface area contributed by atoms with Crippen LogP contribution in [0.15, 0.2) is 53.4 Å². The van der Waals surface area contributed by atoms with Crippen LogP contribution in [0.25, 0.3) is 10.9 Å². The predicted molar refractivity (Wildman–Crippen MR) is 121 cm³/mol. The Morgan fingerprint density at radius 2 is 2.10 bits per heavy atom. The van der Waals surface area contributed by atoms with Gasteiger partial charge in [0.2, 0.25) is 16.0 Å². The topological polar surface area (TPSA) is 119 Å². The molecule has 0 aliphatic carbocycles. The molecule has 2 aromatic heterocycles. The van der Waals surface area contributed by atoms with Gasteiger partial charge in [-0.15, -0.1) is 0 Å². The Morgan fingerprint density at radius 1 is 1.26 bits per heavy atom. The molecule has 4 aromatic rings. The molecule has 0 aliphatic rings. The highest BCUT2D eigenvalue weighted by Crippen LogP contribution is 2.28. The van der Waals surface area contributed by atoms with Gasteiger partial charge in [-0.25, -0.2) is 18.5 Å². The van der Waals surface area contributed by atoms with E-state index in [4.69, 9.17) is 20.2 Å². The highest BCUT2D eigenvalue weighted by atomic mass is 32.2. The number of primary sulfonamides is 1. The molecule has 0 fully saturated rings. The molecular formula is C21H23N7O2S. The zero-order valence-corrected chi connectivity index (χ0v) is 17.1. The van der Waals surface area contributed by atoms with E-state index in [9.17, 15) is 8.42 Å². The average molecular weight is 449 g/mol. The van der Waals surface area contributed by atoms with Gasteiger partial charge in [0, 0.05) is 50.9 Å².